The van der Waals surface area contributed by atoms with Crippen LogP contribution in [0.4, 0.5) is 0 Å². The van der Waals surface area contributed by atoms with Crippen LogP contribution in [0.3, 0.4) is 0 Å². The summed E-state index contributed by atoms with van der Waals surface area (Å²) in [5, 5.41) is 0. The minimum atomic E-state index is -4.47. The van der Waals surface area contributed by atoms with Crippen molar-refractivity contribution in [3.63, 3.8) is 0 Å². The number of hydrogen-bond acceptors (Lipinski definition) is 3. The highest BCUT2D eigenvalue weighted by molar-refractivity contribution is 8.11. The van der Waals surface area contributed by atoms with Gasteiger partial charge in [0.2, 0.25) is 0 Å². The van der Waals surface area contributed by atoms with E-state index < -0.39 is 7.82 Å². The minimum Gasteiger partial charge on any atom is -0.301 e. The highest BCUT2D eigenvalue weighted by atomic mass is 32.1. The van der Waals surface area contributed by atoms with Crippen LogP contribution in [0.2, 0.25) is 0 Å². The zero-order chi connectivity index (χ0) is 7.49. The molecule has 0 aliphatic rings. The number of nitrogens with one attached hydrogen (secondary N) is 1. The largest absolute Gasteiger partial charge is 0.491 e. The van der Waals surface area contributed by atoms with Gasteiger partial charge >= 0.3 is 7.82 Å². The molecule has 0 aromatic heterocycles. The zero-order valence-corrected chi connectivity index (χ0v) is 6.62. The minimum absolute atomic E-state index is 0.140. The molecule has 0 aliphatic heterocycles. The molecule has 0 amide bonds. The number of hydrogen-bond donors (Lipinski definition) is 4. The second kappa shape index (κ2) is 3.50. The van der Waals surface area contributed by atoms with E-state index in [0.29, 0.717) is 0 Å². The SMILES string of the molecule is O=P(O)(O)ONC(=S)S. The fraction of sp³-hybridized carbons (Fsp3) is 0. The third-order valence-electron chi connectivity index (χ3n) is 0.252. The Morgan fingerprint density at radius 3 is 2.33 bits per heavy atom. The maximum atomic E-state index is 9.85. The average molecular weight is 189 g/mol. The zero-order valence-electron chi connectivity index (χ0n) is 4.01. The first-order valence-corrected chi connectivity index (χ1v) is 4.03. The lowest BCUT2D eigenvalue weighted by atomic mass is 11.5. The molecule has 0 heterocycles. The molecule has 0 atom stereocenters. The number of thiocarbonyl (C=S) groups is 1. The maximum absolute atomic E-state index is 9.85. The second-order valence-corrected chi connectivity index (χ2v) is 3.31. The van der Waals surface area contributed by atoms with Gasteiger partial charge in [-0.2, -0.15) is 4.62 Å². The molecule has 8 heteroatoms. The smallest absolute Gasteiger partial charge is 0.301 e. The summed E-state index contributed by atoms with van der Waals surface area (Å²) in [5.41, 5.74) is 1.72. The Balaban J connectivity index is 3.53. The Kier molecular flexibility index (Phi) is 3.64. The molecule has 0 radical (unpaired) electrons. The molecule has 9 heavy (non-hydrogen) atoms. The van der Waals surface area contributed by atoms with Crippen LogP contribution in [0.1, 0.15) is 0 Å². The van der Waals surface area contributed by atoms with E-state index in [1.807, 2.05) is 0 Å². The van der Waals surface area contributed by atoms with Crippen molar-refractivity contribution in [2.24, 2.45) is 0 Å². The van der Waals surface area contributed by atoms with Gasteiger partial charge in [0.15, 0.2) is 4.32 Å². The predicted molar refractivity (Wildman–Crippen MR) is 37.8 cm³/mol. The van der Waals surface area contributed by atoms with Crippen LogP contribution in [0.15, 0.2) is 0 Å². The van der Waals surface area contributed by atoms with Gasteiger partial charge in [-0.15, -0.1) is 12.6 Å². The van der Waals surface area contributed by atoms with Gasteiger partial charge in [-0.05, 0) is 0 Å². The molecule has 0 saturated heterocycles. The van der Waals surface area contributed by atoms with E-state index in [-0.39, 0.29) is 4.32 Å². The van der Waals surface area contributed by atoms with Crippen molar-refractivity contribution in [1.29, 1.82) is 0 Å². The van der Waals surface area contributed by atoms with Gasteiger partial charge in [0, 0.05) is 0 Å². The van der Waals surface area contributed by atoms with Crippen LogP contribution in [-0.2, 0) is 9.19 Å². The van der Waals surface area contributed by atoms with Crippen LogP contribution in [0.25, 0.3) is 0 Å². The van der Waals surface area contributed by atoms with Crippen LogP contribution in [0, 0.1) is 0 Å². The number of phosphoric acid groups is 1. The molecule has 0 spiro atoms. The Hall–Kier alpha value is 0.350. The van der Waals surface area contributed by atoms with Crippen molar-refractivity contribution in [3.05, 3.63) is 0 Å². The molecule has 0 aromatic rings. The summed E-state index contributed by atoms with van der Waals surface area (Å²) in [5.74, 6) is 0. The summed E-state index contributed by atoms with van der Waals surface area (Å²) in [6, 6.07) is 0. The first kappa shape index (κ1) is 9.35. The fourth-order valence-corrected chi connectivity index (χ4v) is 0.530. The molecular formula is CH4NO4PS2. The van der Waals surface area contributed by atoms with Crippen molar-refractivity contribution in [2.45, 2.75) is 0 Å². The van der Waals surface area contributed by atoms with Gasteiger partial charge in [0.1, 0.15) is 0 Å². The van der Waals surface area contributed by atoms with Crippen molar-refractivity contribution in [2.75, 3.05) is 0 Å². The van der Waals surface area contributed by atoms with Crippen molar-refractivity contribution >= 4 is 37.0 Å². The number of hydroxylamine groups is 1. The fourth-order valence-electron chi connectivity index (χ4n) is 0.0985. The average Bonchev–Trinajstić information content (AvgIpc) is 1.59. The lowest BCUT2D eigenvalue weighted by Crippen LogP contribution is -2.14. The molecule has 0 aliphatic carbocycles. The second-order valence-electron chi connectivity index (χ2n) is 0.989. The van der Waals surface area contributed by atoms with Gasteiger partial charge in [0.05, 0.1) is 0 Å². The Morgan fingerprint density at radius 2 is 2.22 bits per heavy atom. The number of rotatable bonds is 2. The van der Waals surface area contributed by atoms with E-state index in [4.69, 9.17) is 9.79 Å². The van der Waals surface area contributed by atoms with E-state index in [9.17, 15) is 4.57 Å². The highest BCUT2D eigenvalue weighted by Crippen LogP contribution is 2.33. The van der Waals surface area contributed by atoms with E-state index >= 15 is 0 Å². The topological polar surface area (TPSA) is 78.8 Å². The van der Waals surface area contributed by atoms with Gasteiger partial charge in [-0.25, -0.2) is 10.0 Å². The van der Waals surface area contributed by atoms with E-state index in [2.05, 4.69) is 29.5 Å². The predicted octanol–water partition coefficient (Wildman–Crippen LogP) is -0.185. The van der Waals surface area contributed by atoms with Crippen LogP contribution >= 0.6 is 32.7 Å². The molecule has 0 bridgehead atoms. The van der Waals surface area contributed by atoms with Gasteiger partial charge in [-0.3, -0.25) is 0 Å². The highest BCUT2D eigenvalue weighted by Gasteiger charge is 2.13. The van der Waals surface area contributed by atoms with Crippen LogP contribution in [0.5, 0.6) is 0 Å². The van der Waals surface area contributed by atoms with Crippen LogP contribution < -0.4 is 5.48 Å². The Morgan fingerprint density at radius 1 is 1.78 bits per heavy atom. The van der Waals surface area contributed by atoms with E-state index in [1.165, 1.54) is 0 Å². The summed E-state index contributed by atoms with van der Waals surface area (Å²) in [7, 11) is -4.47. The lowest BCUT2D eigenvalue weighted by molar-refractivity contribution is 0.167. The first-order valence-electron chi connectivity index (χ1n) is 1.65. The molecule has 54 valence electrons. The molecule has 0 fully saturated rings. The molecule has 0 rings (SSSR count). The summed E-state index contributed by atoms with van der Waals surface area (Å²) in [4.78, 5) is 16.0. The Labute approximate surface area is 62.0 Å². The summed E-state index contributed by atoms with van der Waals surface area (Å²) in [6.45, 7) is 0. The summed E-state index contributed by atoms with van der Waals surface area (Å²) in [6.07, 6.45) is 0. The monoisotopic (exact) mass is 189 g/mol. The normalized spacial score (nSPS) is 11.0. The van der Waals surface area contributed by atoms with Crippen molar-refractivity contribution in [1.82, 2.24) is 5.48 Å². The summed E-state index contributed by atoms with van der Waals surface area (Å²) >= 11 is 7.71. The van der Waals surface area contributed by atoms with Gasteiger partial charge < -0.3 is 9.79 Å². The van der Waals surface area contributed by atoms with Crippen molar-refractivity contribution in [3.8, 4) is 0 Å². The van der Waals surface area contributed by atoms with E-state index in [1.54, 1.807) is 5.48 Å². The standard InChI is InChI=1S/CH4NO4PS2/c3-7(4,5)6-2-1(8)9/h(H2,2,8,9)(H2,3,4,5). The summed E-state index contributed by atoms with van der Waals surface area (Å²) < 4.78 is 13.4. The molecule has 3 N–H and O–H groups in total. The Bertz CT molecular complexity index is 153. The number of thiol groups is 1. The maximum Gasteiger partial charge on any atom is 0.491 e. The molecule has 0 aromatic carbocycles. The molecule has 0 unspecified atom stereocenters. The quantitative estimate of drug-likeness (QED) is 0.209. The van der Waals surface area contributed by atoms with E-state index in [0.717, 1.165) is 0 Å². The third-order valence-corrected chi connectivity index (χ3v) is 0.756. The lowest BCUT2D eigenvalue weighted by Gasteiger charge is -2.02. The molecule has 5 nitrogen and oxygen atoms in total. The first-order chi connectivity index (χ1) is 3.92. The molecular weight excluding hydrogens is 185 g/mol. The van der Waals surface area contributed by atoms with Crippen molar-refractivity contribution < 1.29 is 19.0 Å². The third kappa shape index (κ3) is 8.35. The van der Waals surface area contributed by atoms with Gasteiger partial charge in [0.25, 0.3) is 0 Å². The molecule has 0 saturated carbocycles. The van der Waals surface area contributed by atoms with Gasteiger partial charge in [-0.1, -0.05) is 12.2 Å². The van der Waals surface area contributed by atoms with Crippen LogP contribution in [-0.4, -0.2) is 14.1 Å².